The van der Waals surface area contributed by atoms with Gasteiger partial charge in [-0.3, -0.25) is 9.47 Å². The Morgan fingerprint density at radius 2 is 1.74 bits per heavy atom. The van der Waals surface area contributed by atoms with Crippen LogP contribution in [0.1, 0.15) is 37.4 Å². The summed E-state index contributed by atoms with van der Waals surface area (Å²) in [6.45, 7) is 4.13. The van der Waals surface area contributed by atoms with E-state index in [-0.39, 0.29) is 11.7 Å². The number of halogens is 3. The van der Waals surface area contributed by atoms with E-state index in [1.807, 2.05) is 4.57 Å². The van der Waals surface area contributed by atoms with Crippen molar-refractivity contribution in [3.63, 3.8) is 0 Å². The van der Waals surface area contributed by atoms with E-state index in [0.717, 1.165) is 41.4 Å². The fourth-order valence-corrected chi connectivity index (χ4v) is 4.55. The molecule has 0 amide bonds. The first-order valence-electron chi connectivity index (χ1n) is 9.03. The molecule has 4 nitrogen and oxygen atoms in total. The van der Waals surface area contributed by atoms with Crippen molar-refractivity contribution in [3.05, 3.63) is 67.0 Å². The highest BCUT2D eigenvalue weighted by atomic mass is 79.9. The van der Waals surface area contributed by atoms with Crippen molar-refractivity contribution in [2.45, 2.75) is 31.8 Å². The van der Waals surface area contributed by atoms with Gasteiger partial charge in [0.2, 0.25) is 0 Å². The van der Waals surface area contributed by atoms with E-state index in [4.69, 9.17) is 23.2 Å². The predicted octanol–water partition coefficient (Wildman–Crippen LogP) is 5.80. The van der Waals surface area contributed by atoms with Crippen molar-refractivity contribution in [2.24, 2.45) is 0 Å². The van der Waals surface area contributed by atoms with Crippen molar-refractivity contribution >= 4 is 50.2 Å². The van der Waals surface area contributed by atoms with Gasteiger partial charge in [-0.1, -0.05) is 51.3 Å². The number of benzene rings is 2. The van der Waals surface area contributed by atoms with Crippen LogP contribution in [0.25, 0.3) is 11.0 Å². The van der Waals surface area contributed by atoms with Gasteiger partial charge < -0.3 is 4.98 Å². The molecule has 0 radical (unpaired) electrons. The van der Waals surface area contributed by atoms with Crippen LogP contribution >= 0.6 is 39.1 Å². The third-order valence-electron chi connectivity index (χ3n) is 5.52. The average molecular weight is 469 g/mol. The number of piperidine rings is 1. The smallest absolute Gasteiger partial charge is 0.305 e. The van der Waals surface area contributed by atoms with Gasteiger partial charge in [0.1, 0.15) is 0 Å². The Kier molecular flexibility index (Phi) is 5.39. The number of nitrogens with zero attached hydrogens (tertiary/aromatic N) is 2. The van der Waals surface area contributed by atoms with E-state index >= 15 is 0 Å². The zero-order valence-electron chi connectivity index (χ0n) is 14.9. The monoisotopic (exact) mass is 467 g/mol. The van der Waals surface area contributed by atoms with Gasteiger partial charge in [-0.15, -0.1) is 0 Å². The number of hydrogen-bond acceptors (Lipinski definition) is 2. The van der Waals surface area contributed by atoms with Crippen LogP contribution in [-0.2, 0) is 0 Å². The molecule has 1 unspecified atom stereocenters. The summed E-state index contributed by atoms with van der Waals surface area (Å²) < 4.78 is 2.94. The fraction of sp³-hybridized carbons (Fsp3) is 0.350. The Morgan fingerprint density at radius 3 is 2.41 bits per heavy atom. The van der Waals surface area contributed by atoms with E-state index in [0.29, 0.717) is 16.1 Å². The van der Waals surface area contributed by atoms with Crippen LogP contribution in [0.3, 0.4) is 0 Å². The van der Waals surface area contributed by atoms with Gasteiger partial charge in [0.25, 0.3) is 0 Å². The van der Waals surface area contributed by atoms with Crippen molar-refractivity contribution in [1.29, 1.82) is 0 Å². The summed E-state index contributed by atoms with van der Waals surface area (Å²) in [5.41, 5.74) is 2.78. The Morgan fingerprint density at radius 1 is 1.11 bits per heavy atom. The van der Waals surface area contributed by atoms with Crippen molar-refractivity contribution < 1.29 is 0 Å². The summed E-state index contributed by atoms with van der Waals surface area (Å²) in [7, 11) is 0. The lowest BCUT2D eigenvalue weighted by Crippen LogP contribution is -2.38. The molecular weight excluding hydrogens is 449 g/mol. The van der Waals surface area contributed by atoms with Crippen LogP contribution in [0, 0.1) is 0 Å². The second kappa shape index (κ2) is 7.63. The molecule has 3 aromatic rings. The highest BCUT2D eigenvalue weighted by Gasteiger charge is 2.26. The maximum absolute atomic E-state index is 12.5. The summed E-state index contributed by atoms with van der Waals surface area (Å²) >= 11 is 15.8. The number of fused-ring (bicyclic) bond motifs is 1. The second-order valence-electron chi connectivity index (χ2n) is 7.08. The largest absolute Gasteiger partial charge is 0.326 e. The lowest BCUT2D eigenvalue weighted by Gasteiger charge is -2.36. The summed E-state index contributed by atoms with van der Waals surface area (Å²) in [4.78, 5) is 17.9. The standard InChI is InChI=1S/C20H20BrCl2N3O/c1-12(13-2-4-14(21)5-3-13)25-8-6-15(7-9-25)26-19-11-17(23)16(22)10-18(19)24-20(26)27/h2-5,10-12,15H,6-9H2,1H3,(H,24,27). The molecule has 0 bridgehead atoms. The van der Waals surface area contributed by atoms with Gasteiger partial charge in [0.05, 0.1) is 21.1 Å². The van der Waals surface area contributed by atoms with Crippen LogP contribution in [0.2, 0.25) is 10.0 Å². The molecule has 142 valence electrons. The molecule has 0 saturated carbocycles. The summed E-state index contributed by atoms with van der Waals surface area (Å²) in [6.07, 6.45) is 1.85. The quantitative estimate of drug-likeness (QED) is 0.527. The Hall–Kier alpha value is -1.27. The van der Waals surface area contributed by atoms with Gasteiger partial charge >= 0.3 is 5.69 Å². The number of hydrogen-bond donors (Lipinski definition) is 1. The Labute approximate surface area is 176 Å². The minimum atomic E-state index is -0.0947. The SMILES string of the molecule is CC(c1ccc(Br)cc1)N1CCC(n2c(=O)[nH]c3cc(Cl)c(Cl)cc32)CC1. The molecule has 1 atom stereocenters. The molecule has 1 aliphatic rings. The Bertz CT molecular complexity index is 1020. The number of imidazole rings is 1. The summed E-state index contributed by atoms with van der Waals surface area (Å²) in [5.74, 6) is 0. The number of aromatic nitrogens is 2. The fourth-order valence-electron chi connectivity index (χ4n) is 3.97. The summed E-state index contributed by atoms with van der Waals surface area (Å²) in [6, 6.07) is 12.5. The molecule has 2 heterocycles. The molecule has 27 heavy (non-hydrogen) atoms. The Balaban J connectivity index is 1.53. The van der Waals surface area contributed by atoms with Gasteiger partial charge in [0, 0.05) is 29.6 Å². The third kappa shape index (κ3) is 3.70. The highest BCUT2D eigenvalue weighted by Crippen LogP contribution is 2.32. The van der Waals surface area contributed by atoms with Crippen LogP contribution in [0.5, 0.6) is 0 Å². The van der Waals surface area contributed by atoms with Gasteiger partial charge in [-0.25, -0.2) is 4.79 Å². The molecular formula is C20H20BrCl2N3O. The highest BCUT2D eigenvalue weighted by molar-refractivity contribution is 9.10. The number of likely N-dealkylation sites (tertiary alicyclic amines) is 1. The molecule has 1 aromatic heterocycles. The van der Waals surface area contributed by atoms with Gasteiger partial charge in [-0.05, 0) is 49.6 Å². The number of rotatable bonds is 3. The second-order valence-corrected chi connectivity index (χ2v) is 8.81. The number of aromatic amines is 1. The zero-order valence-corrected chi connectivity index (χ0v) is 18.0. The lowest BCUT2D eigenvalue weighted by molar-refractivity contribution is 0.144. The molecule has 1 fully saturated rings. The molecule has 1 N–H and O–H groups in total. The van der Waals surface area contributed by atoms with E-state index in [9.17, 15) is 4.79 Å². The first kappa shape index (κ1) is 19.1. The average Bonchev–Trinajstić information content (AvgIpc) is 2.97. The maximum atomic E-state index is 12.5. The van der Waals surface area contributed by atoms with Crippen LogP contribution in [0.4, 0.5) is 0 Å². The molecule has 4 rings (SSSR count). The molecule has 0 spiro atoms. The molecule has 0 aliphatic carbocycles. The van der Waals surface area contributed by atoms with Crippen molar-refractivity contribution in [3.8, 4) is 0 Å². The van der Waals surface area contributed by atoms with E-state index < -0.39 is 0 Å². The van der Waals surface area contributed by atoms with E-state index in [1.165, 1.54) is 5.56 Å². The minimum Gasteiger partial charge on any atom is -0.305 e. The van der Waals surface area contributed by atoms with Crippen LogP contribution in [-0.4, -0.2) is 27.5 Å². The topological polar surface area (TPSA) is 41.0 Å². The minimum absolute atomic E-state index is 0.0947. The molecule has 2 aromatic carbocycles. The third-order valence-corrected chi connectivity index (χ3v) is 6.77. The van der Waals surface area contributed by atoms with Crippen LogP contribution in [0.15, 0.2) is 45.7 Å². The van der Waals surface area contributed by atoms with Crippen molar-refractivity contribution in [2.75, 3.05) is 13.1 Å². The van der Waals surface area contributed by atoms with E-state index in [1.54, 1.807) is 12.1 Å². The number of H-pyrrole nitrogens is 1. The molecule has 7 heteroatoms. The predicted molar refractivity (Wildman–Crippen MR) is 115 cm³/mol. The first-order chi connectivity index (χ1) is 12.9. The molecule has 1 saturated heterocycles. The maximum Gasteiger partial charge on any atom is 0.326 e. The zero-order chi connectivity index (χ0) is 19.1. The van der Waals surface area contributed by atoms with E-state index in [2.05, 4.69) is 57.0 Å². The lowest BCUT2D eigenvalue weighted by atomic mass is 10.00. The molecule has 1 aliphatic heterocycles. The number of nitrogens with one attached hydrogen (secondary N) is 1. The normalized spacial score (nSPS) is 17.5. The summed E-state index contributed by atoms with van der Waals surface area (Å²) in [5, 5.41) is 0.925. The van der Waals surface area contributed by atoms with Crippen LogP contribution < -0.4 is 5.69 Å². The van der Waals surface area contributed by atoms with Crippen molar-refractivity contribution in [1.82, 2.24) is 14.5 Å². The van der Waals surface area contributed by atoms with Gasteiger partial charge in [0.15, 0.2) is 0 Å². The first-order valence-corrected chi connectivity index (χ1v) is 10.6. The van der Waals surface area contributed by atoms with Gasteiger partial charge in [-0.2, -0.15) is 0 Å².